The molecule has 5 aromatic rings. The molecule has 264 valence electrons. The maximum atomic E-state index is 12.8. The highest BCUT2D eigenvalue weighted by molar-refractivity contribution is 7.22. The maximum Gasteiger partial charge on any atom is 0.337 e. The van der Waals surface area contributed by atoms with Crippen LogP contribution in [0.25, 0.3) is 42.8 Å². The van der Waals surface area contributed by atoms with Crippen LogP contribution in [0.5, 0.6) is 0 Å². The van der Waals surface area contributed by atoms with E-state index in [-0.39, 0.29) is 5.92 Å². The SMILES string of the molecule is Cc1cc2nc(-c3ccc4c(c3)c(C3CCN(C5COC5)CC3)nn4CC(O)(O)O)sc2c(-c2ccc(Cl)cc2)c1[C@H](OC(C)(C)C)C(=O)O. The summed E-state index contributed by atoms with van der Waals surface area (Å²) in [4.78, 5) is 20.3. The van der Waals surface area contributed by atoms with Gasteiger partial charge in [0, 0.05) is 33.0 Å². The molecule has 0 spiro atoms. The Balaban J connectivity index is 1.35. The van der Waals surface area contributed by atoms with Crippen molar-refractivity contribution >= 4 is 50.0 Å². The first-order valence-corrected chi connectivity index (χ1v) is 17.9. The topological polar surface area (TPSA) is 150 Å². The number of carboxylic acid groups (broad SMARTS) is 1. The minimum Gasteiger partial charge on any atom is -0.479 e. The molecule has 0 radical (unpaired) electrons. The molecule has 0 aliphatic carbocycles. The molecule has 2 fully saturated rings. The summed E-state index contributed by atoms with van der Waals surface area (Å²) in [5.41, 5.74) is 5.22. The van der Waals surface area contributed by atoms with Gasteiger partial charge in [-0.1, -0.05) is 23.7 Å². The summed E-state index contributed by atoms with van der Waals surface area (Å²) in [6.07, 6.45) is 0.565. The number of thiazole rings is 1. The Morgan fingerprint density at radius 3 is 2.34 bits per heavy atom. The van der Waals surface area contributed by atoms with E-state index >= 15 is 0 Å². The van der Waals surface area contributed by atoms with Crippen molar-refractivity contribution in [1.29, 1.82) is 0 Å². The van der Waals surface area contributed by atoms with Crippen molar-refractivity contribution in [3.8, 4) is 21.7 Å². The molecule has 0 amide bonds. The van der Waals surface area contributed by atoms with Crippen molar-refractivity contribution in [2.24, 2.45) is 0 Å². The number of hydrogen-bond acceptors (Lipinski definition) is 10. The Hall–Kier alpha value is -3.46. The van der Waals surface area contributed by atoms with Crippen LogP contribution in [-0.2, 0) is 20.8 Å². The largest absolute Gasteiger partial charge is 0.479 e. The van der Waals surface area contributed by atoms with Gasteiger partial charge in [0.1, 0.15) is 11.6 Å². The van der Waals surface area contributed by atoms with Crippen LogP contribution in [0.2, 0.25) is 5.02 Å². The second-order valence-corrected chi connectivity index (χ2v) is 15.8. The van der Waals surface area contributed by atoms with Crippen LogP contribution < -0.4 is 0 Å². The normalized spacial score (nSPS) is 17.4. The van der Waals surface area contributed by atoms with Gasteiger partial charge in [0.15, 0.2) is 6.10 Å². The predicted molar refractivity (Wildman–Crippen MR) is 192 cm³/mol. The van der Waals surface area contributed by atoms with Gasteiger partial charge in [-0.2, -0.15) is 5.10 Å². The number of aryl methyl sites for hydroxylation is 1. The first-order valence-electron chi connectivity index (χ1n) is 16.8. The van der Waals surface area contributed by atoms with Gasteiger partial charge >= 0.3 is 5.97 Å². The van der Waals surface area contributed by atoms with Gasteiger partial charge in [-0.05, 0) is 101 Å². The lowest BCUT2D eigenvalue weighted by atomic mass is 9.90. The zero-order valence-corrected chi connectivity index (χ0v) is 30.0. The van der Waals surface area contributed by atoms with E-state index in [1.807, 2.05) is 64.1 Å². The second-order valence-electron chi connectivity index (χ2n) is 14.4. The summed E-state index contributed by atoms with van der Waals surface area (Å²) < 4.78 is 13.8. The van der Waals surface area contributed by atoms with Crippen LogP contribution in [0.3, 0.4) is 0 Å². The molecule has 2 aliphatic rings. The van der Waals surface area contributed by atoms with E-state index in [2.05, 4.69) is 4.90 Å². The molecule has 50 heavy (non-hydrogen) atoms. The van der Waals surface area contributed by atoms with Crippen molar-refractivity contribution in [2.75, 3.05) is 26.3 Å². The lowest BCUT2D eigenvalue weighted by Crippen LogP contribution is -2.51. The molecular weight excluding hydrogens is 680 g/mol. The highest BCUT2D eigenvalue weighted by Gasteiger charge is 2.34. The van der Waals surface area contributed by atoms with Gasteiger partial charge in [0.25, 0.3) is 5.97 Å². The van der Waals surface area contributed by atoms with E-state index in [1.165, 1.54) is 16.0 Å². The van der Waals surface area contributed by atoms with E-state index in [0.29, 0.717) is 22.1 Å². The first-order chi connectivity index (χ1) is 23.6. The third-order valence-corrected chi connectivity index (χ3v) is 10.8. The molecule has 1 atom stereocenters. The minimum atomic E-state index is -2.92. The fraction of sp³-hybridized carbons (Fsp3) is 0.432. The van der Waals surface area contributed by atoms with Crippen LogP contribution in [0.1, 0.15) is 62.5 Å². The fourth-order valence-corrected chi connectivity index (χ4v) is 8.34. The summed E-state index contributed by atoms with van der Waals surface area (Å²) in [6, 6.07) is 15.5. The highest BCUT2D eigenvalue weighted by atomic mass is 35.5. The lowest BCUT2D eigenvalue weighted by Gasteiger charge is -2.41. The summed E-state index contributed by atoms with van der Waals surface area (Å²) in [6.45, 7) is 10.3. The maximum absolute atomic E-state index is 12.8. The summed E-state index contributed by atoms with van der Waals surface area (Å²) in [5, 5.41) is 47.0. The number of halogens is 1. The van der Waals surface area contributed by atoms with E-state index in [1.54, 1.807) is 12.1 Å². The Kier molecular flexibility index (Phi) is 9.27. The fourth-order valence-electron chi connectivity index (χ4n) is 7.09. The number of aromatic nitrogens is 3. The number of piperidine rings is 1. The monoisotopic (exact) mass is 720 g/mol. The number of likely N-dealkylation sites (tertiary alicyclic amines) is 1. The molecule has 0 unspecified atom stereocenters. The van der Waals surface area contributed by atoms with E-state index in [4.69, 9.17) is 31.2 Å². The third-order valence-electron chi connectivity index (χ3n) is 9.46. The molecule has 13 heteroatoms. The summed E-state index contributed by atoms with van der Waals surface area (Å²) >= 11 is 7.74. The first kappa shape index (κ1) is 35.0. The number of nitrogens with zero attached hydrogens (tertiary/aromatic N) is 4. The average Bonchev–Trinajstić information content (AvgIpc) is 3.59. The summed E-state index contributed by atoms with van der Waals surface area (Å²) in [7, 11) is 0. The Bertz CT molecular complexity index is 2050. The number of benzene rings is 3. The number of carboxylic acids is 1. The van der Waals surface area contributed by atoms with Gasteiger partial charge in [-0.25, -0.2) is 9.78 Å². The number of rotatable bonds is 9. The molecular formula is C37H41ClN4O7S. The quantitative estimate of drug-likeness (QED) is 0.132. The molecule has 2 saturated heterocycles. The smallest absolute Gasteiger partial charge is 0.337 e. The number of ether oxygens (including phenoxy) is 2. The lowest BCUT2D eigenvalue weighted by molar-refractivity contribution is -0.319. The minimum absolute atomic E-state index is 0.143. The molecule has 3 aromatic carbocycles. The zero-order chi connectivity index (χ0) is 35.5. The van der Waals surface area contributed by atoms with E-state index in [0.717, 1.165) is 87.7 Å². The zero-order valence-electron chi connectivity index (χ0n) is 28.4. The van der Waals surface area contributed by atoms with Crippen molar-refractivity contribution in [1.82, 2.24) is 19.7 Å². The van der Waals surface area contributed by atoms with Gasteiger partial charge in [-0.3, -0.25) is 9.58 Å². The Morgan fingerprint density at radius 1 is 1.06 bits per heavy atom. The van der Waals surface area contributed by atoms with Crippen molar-refractivity contribution in [3.63, 3.8) is 0 Å². The van der Waals surface area contributed by atoms with Crippen molar-refractivity contribution in [3.05, 3.63) is 70.4 Å². The Labute approximate surface area is 298 Å². The average molecular weight is 721 g/mol. The van der Waals surface area contributed by atoms with Crippen LogP contribution in [-0.4, -0.2) is 90.0 Å². The molecule has 0 bridgehead atoms. The van der Waals surface area contributed by atoms with E-state index in [9.17, 15) is 25.2 Å². The van der Waals surface area contributed by atoms with Crippen LogP contribution in [0, 0.1) is 6.92 Å². The van der Waals surface area contributed by atoms with Crippen molar-refractivity contribution in [2.45, 2.75) is 76.7 Å². The second kappa shape index (κ2) is 13.3. The summed E-state index contributed by atoms with van der Waals surface area (Å²) in [5.74, 6) is -3.86. The highest BCUT2D eigenvalue weighted by Crippen LogP contribution is 2.45. The molecule has 0 saturated carbocycles. The molecule has 7 rings (SSSR count). The number of aliphatic carboxylic acids is 1. The predicted octanol–water partition coefficient (Wildman–Crippen LogP) is 6.09. The molecule has 11 nitrogen and oxygen atoms in total. The third kappa shape index (κ3) is 7.04. The molecule has 4 N–H and O–H groups in total. The molecule has 2 aromatic heterocycles. The van der Waals surface area contributed by atoms with Crippen LogP contribution in [0.15, 0.2) is 48.5 Å². The van der Waals surface area contributed by atoms with E-state index < -0.39 is 30.2 Å². The van der Waals surface area contributed by atoms with Crippen LogP contribution >= 0.6 is 22.9 Å². The van der Waals surface area contributed by atoms with Crippen LogP contribution in [0.4, 0.5) is 0 Å². The number of carbonyl (C=O) groups is 1. The molecule has 4 heterocycles. The number of aliphatic hydroxyl groups is 3. The number of fused-ring (bicyclic) bond motifs is 2. The van der Waals surface area contributed by atoms with Gasteiger partial charge < -0.3 is 29.9 Å². The van der Waals surface area contributed by atoms with Gasteiger partial charge in [-0.15, -0.1) is 11.3 Å². The van der Waals surface area contributed by atoms with Gasteiger partial charge in [0.2, 0.25) is 0 Å². The molecule has 2 aliphatic heterocycles. The standard InChI is InChI=1S/C37H41ClN4O7S/c1-20-15-27-33(30(21-5-8-24(38)9-6-21)29(20)32(35(43)44)49-36(2,3)4)50-34(39-27)23-7-10-28-26(16-23)31(40-42(28)19-37(45,46)47)22-11-13-41(14-12-22)25-17-48-18-25/h5-10,15-16,22,25,32,45-47H,11-14,17-19H2,1-4H3,(H,43,44)/t32-/m0/s1. The van der Waals surface area contributed by atoms with Crippen molar-refractivity contribution < 1.29 is 34.7 Å². The number of hydrogen-bond donors (Lipinski definition) is 4. The Morgan fingerprint density at radius 2 is 1.74 bits per heavy atom. The van der Waals surface area contributed by atoms with Gasteiger partial charge in [0.05, 0.1) is 46.3 Å².